The van der Waals surface area contributed by atoms with Gasteiger partial charge in [-0.25, -0.2) is 4.39 Å². The minimum atomic E-state index is -1.19. The van der Waals surface area contributed by atoms with Crippen LogP contribution >= 0.6 is 0 Å². The molecule has 0 spiro atoms. The second-order valence-corrected chi connectivity index (χ2v) is 2.79. The molecule has 0 unspecified atom stereocenters. The number of carbonyl (C=O) groups is 1. The summed E-state index contributed by atoms with van der Waals surface area (Å²) in [7, 11) is 0. The summed E-state index contributed by atoms with van der Waals surface area (Å²) < 4.78 is 30.9. The van der Waals surface area contributed by atoms with E-state index in [1.54, 1.807) is 0 Å². The maximum atomic E-state index is 13.1. The van der Waals surface area contributed by atoms with Gasteiger partial charge in [-0.2, -0.15) is 4.39 Å². The van der Waals surface area contributed by atoms with Crippen molar-refractivity contribution < 1.29 is 23.2 Å². The van der Waals surface area contributed by atoms with E-state index < -0.39 is 28.0 Å². The van der Waals surface area contributed by atoms with E-state index in [1.807, 2.05) is 0 Å². The molecule has 0 atom stereocenters. The molecule has 0 saturated carbocycles. The summed E-state index contributed by atoms with van der Waals surface area (Å²) in [5, 5.41) is 10.3. The predicted octanol–water partition coefficient (Wildman–Crippen LogP) is 1.84. The molecule has 0 N–H and O–H groups in total. The molecule has 0 aromatic heterocycles. The van der Waals surface area contributed by atoms with Crippen molar-refractivity contribution in [3.05, 3.63) is 33.9 Å². The Kier molecular flexibility index (Phi) is 3.87. The number of hydrogen-bond acceptors (Lipinski definition) is 4. The number of halogens is 2. The van der Waals surface area contributed by atoms with E-state index >= 15 is 0 Å². The lowest BCUT2D eigenvalue weighted by Gasteiger charge is -2.05. The zero-order chi connectivity index (χ0) is 12.1. The van der Waals surface area contributed by atoms with Gasteiger partial charge in [0.2, 0.25) is 5.82 Å². The lowest BCUT2D eigenvalue weighted by atomic mass is 10.3. The molecular weight excluding hydrogens is 224 g/mol. The van der Waals surface area contributed by atoms with Crippen LogP contribution in [0.4, 0.5) is 14.5 Å². The standard InChI is InChI=1S/C9H7F2NO4/c10-6-5-9(16-3-1-2-13)7(11)4-8(6)12(14)15/h2,4-5H,1,3H2. The number of nitrogens with zero attached hydrogens (tertiary/aromatic N) is 1. The van der Waals surface area contributed by atoms with Crippen molar-refractivity contribution in [2.75, 3.05) is 6.61 Å². The van der Waals surface area contributed by atoms with Gasteiger partial charge >= 0.3 is 5.69 Å². The van der Waals surface area contributed by atoms with E-state index in [2.05, 4.69) is 0 Å². The Bertz CT molecular complexity index is 422. The molecule has 16 heavy (non-hydrogen) atoms. The summed E-state index contributed by atoms with van der Waals surface area (Å²) in [5.41, 5.74) is -0.958. The fourth-order valence-corrected chi connectivity index (χ4v) is 0.986. The molecule has 5 nitrogen and oxygen atoms in total. The van der Waals surface area contributed by atoms with Gasteiger partial charge in [0, 0.05) is 12.5 Å². The third-order valence-electron chi connectivity index (χ3n) is 1.69. The number of rotatable bonds is 5. The average Bonchev–Trinajstić information content (AvgIpc) is 2.22. The minimum Gasteiger partial charge on any atom is -0.490 e. The number of nitro benzene ring substituents is 1. The average molecular weight is 231 g/mol. The molecule has 0 fully saturated rings. The topological polar surface area (TPSA) is 69.4 Å². The van der Waals surface area contributed by atoms with Gasteiger partial charge in [-0.05, 0) is 0 Å². The van der Waals surface area contributed by atoms with Gasteiger partial charge < -0.3 is 9.53 Å². The Morgan fingerprint density at radius 2 is 2.06 bits per heavy atom. The molecule has 7 heteroatoms. The van der Waals surface area contributed by atoms with E-state index in [0.717, 1.165) is 0 Å². The number of benzene rings is 1. The summed E-state index contributed by atoms with van der Waals surface area (Å²) in [5.74, 6) is -2.68. The molecule has 1 rings (SSSR count). The quantitative estimate of drug-likeness (QED) is 0.335. The SMILES string of the molecule is O=CCCOc1cc(F)c([N+](=O)[O-])cc1F. The van der Waals surface area contributed by atoms with Crippen LogP contribution in [0.25, 0.3) is 0 Å². The van der Waals surface area contributed by atoms with Gasteiger partial charge in [0.15, 0.2) is 11.6 Å². The molecule has 0 aliphatic rings. The molecule has 0 aliphatic heterocycles. The molecule has 0 radical (unpaired) electrons. The number of hydrogen-bond donors (Lipinski definition) is 0. The largest absolute Gasteiger partial charge is 0.490 e. The lowest BCUT2D eigenvalue weighted by Crippen LogP contribution is -2.02. The predicted molar refractivity (Wildman–Crippen MR) is 49.2 cm³/mol. The molecule has 0 heterocycles. The fourth-order valence-electron chi connectivity index (χ4n) is 0.986. The van der Waals surface area contributed by atoms with Crippen LogP contribution in [0.5, 0.6) is 5.75 Å². The zero-order valence-corrected chi connectivity index (χ0v) is 7.98. The second-order valence-electron chi connectivity index (χ2n) is 2.79. The highest BCUT2D eigenvalue weighted by molar-refractivity contribution is 5.49. The summed E-state index contributed by atoms with van der Waals surface area (Å²) >= 11 is 0. The molecule has 86 valence electrons. The van der Waals surface area contributed by atoms with Crippen molar-refractivity contribution >= 4 is 12.0 Å². The molecule has 0 saturated heterocycles. The summed E-state index contributed by atoms with van der Waals surface area (Å²) in [4.78, 5) is 19.2. The third-order valence-corrected chi connectivity index (χ3v) is 1.69. The van der Waals surface area contributed by atoms with Gasteiger partial charge in [0.05, 0.1) is 17.6 Å². The zero-order valence-electron chi connectivity index (χ0n) is 7.98. The number of nitro groups is 1. The Labute approximate surface area is 88.8 Å². The Morgan fingerprint density at radius 3 is 2.62 bits per heavy atom. The van der Waals surface area contributed by atoms with Crippen LogP contribution in [0.2, 0.25) is 0 Å². The first-order chi connectivity index (χ1) is 7.56. The van der Waals surface area contributed by atoms with Gasteiger partial charge in [-0.3, -0.25) is 10.1 Å². The molecule has 1 aromatic carbocycles. The highest BCUT2D eigenvalue weighted by Gasteiger charge is 2.19. The Hall–Kier alpha value is -2.05. The third kappa shape index (κ3) is 2.72. The highest BCUT2D eigenvalue weighted by atomic mass is 19.1. The highest BCUT2D eigenvalue weighted by Crippen LogP contribution is 2.26. The molecular formula is C9H7F2NO4. The molecule has 0 amide bonds. The van der Waals surface area contributed by atoms with Crippen LogP contribution in [0.3, 0.4) is 0 Å². The minimum absolute atomic E-state index is 0.0258. The molecule has 0 bridgehead atoms. The van der Waals surface area contributed by atoms with Crippen LogP contribution in [-0.4, -0.2) is 17.8 Å². The van der Waals surface area contributed by atoms with Crippen molar-refractivity contribution in [1.29, 1.82) is 0 Å². The van der Waals surface area contributed by atoms with E-state index in [1.165, 1.54) is 0 Å². The van der Waals surface area contributed by atoms with E-state index in [-0.39, 0.29) is 13.0 Å². The first-order valence-electron chi connectivity index (χ1n) is 4.26. The van der Waals surface area contributed by atoms with Crippen molar-refractivity contribution in [3.8, 4) is 5.75 Å². The van der Waals surface area contributed by atoms with E-state index in [4.69, 9.17) is 4.74 Å². The summed E-state index contributed by atoms with van der Waals surface area (Å²) in [6.45, 7) is -0.113. The van der Waals surface area contributed by atoms with Gasteiger partial charge in [-0.15, -0.1) is 0 Å². The van der Waals surface area contributed by atoms with Gasteiger partial charge in [0.25, 0.3) is 0 Å². The Morgan fingerprint density at radius 1 is 1.38 bits per heavy atom. The lowest BCUT2D eigenvalue weighted by molar-refractivity contribution is -0.387. The van der Waals surface area contributed by atoms with Crippen LogP contribution < -0.4 is 4.74 Å². The van der Waals surface area contributed by atoms with Gasteiger partial charge in [0.1, 0.15) is 6.29 Å². The fraction of sp³-hybridized carbons (Fsp3) is 0.222. The number of aldehydes is 1. The van der Waals surface area contributed by atoms with E-state index in [9.17, 15) is 23.7 Å². The van der Waals surface area contributed by atoms with Crippen molar-refractivity contribution in [1.82, 2.24) is 0 Å². The number of carbonyl (C=O) groups excluding carboxylic acids is 1. The second kappa shape index (κ2) is 5.15. The first-order valence-corrected chi connectivity index (χ1v) is 4.26. The summed E-state index contributed by atoms with van der Waals surface area (Å²) in [6.07, 6.45) is 0.581. The van der Waals surface area contributed by atoms with Crippen LogP contribution in [0.1, 0.15) is 6.42 Å². The molecule has 1 aromatic rings. The van der Waals surface area contributed by atoms with Crippen LogP contribution in [-0.2, 0) is 4.79 Å². The maximum Gasteiger partial charge on any atom is 0.307 e. The number of ether oxygens (including phenoxy) is 1. The van der Waals surface area contributed by atoms with Gasteiger partial charge in [-0.1, -0.05) is 0 Å². The maximum absolute atomic E-state index is 13.1. The van der Waals surface area contributed by atoms with E-state index in [0.29, 0.717) is 18.4 Å². The van der Waals surface area contributed by atoms with Crippen molar-refractivity contribution in [2.24, 2.45) is 0 Å². The normalized spacial score (nSPS) is 9.88. The van der Waals surface area contributed by atoms with Crippen molar-refractivity contribution in [3.63, 3.8) is 0 Å². The van der Waals surface area contributed by atoms with Crippen molar-refractivity contribution in [2.45, 2.75) is 6.42 Å². The van der Waals surface area contributed by atoms with Crippen LogP contribution in [0, 0.1) is 21.7 Å². The Balaban J connectivity index is 2.92. The monoisotopic (exact) mass is 231 g/mol. The summed E-state index contributed by atoms with van der Waals surface area (Å²) in [6, 6.07) is 1.02. The van der Waals surface area contributed by atoms with Crippen LogP contribution in [0.15, 0.2) is 12.1 Å². The smallest absolute Gasteiger partial charge is 0.307 e. The first kappa shape index (κ1) is 12.0. The molecule has 0 aliphatic carbocycles.